The molecule has 8 nitrogen and oxygen atoms in total. The third kappa shape index (κ3) is 48.8. The minimum atomic E-state index is -4.48. The molecule has 0 aliphatic rings. The van der Waals surface area contributed by atoms with Gasteiger partial charge < -0.3 is 5.98 Å². The van der Waals surface area contributed by atoms with Crippen LogP contribution in [0.1, 0.15) is 144 Å². The van der Waals surface area contributed by atoms with Gasteiger partial charge in [-0.1, -0.05) is 129 Å². The van der Waals surface area contributed by atoms with Crippen molar-refractivity contribution in [2.75, 3.05) is 13.2 Å². The van der Waals surface area contributed by atoms with E-state index in [1.54, 1.807) is 0 Å². The van der Waals surface area contributed by atoms with E-state index in [0.29, 0.717) is 12.8 Å². The number of rotatable bonds is 24. The van der Waals surface area contributed by atoms with E-state index in [9.17, 15) is 21.4 Å². The predicted octanol–water partition coefficient (Wildman–Crippen LogP) is 1.23. The summed E-state index contributed by atoms with van der Waals surface area (Å²) in [4.78, 5) is 0. The summed E-state index contributed by atoms with van der Waals surface area (Å²) in [5, 5.41) is 0. The standard InChI is InChI=1S/2C12H26O4S.2Na.H/c2*1-2-3-4-5-6-7-8-9-10-11-12-16-17(13,14)15;;;/h2*2-12H2,1H3,(H,13,14,15);;;/q;;2*+1;-1/p-1. The monoisotopic (exact) mass is 578 g/mol. The minimum Gasteiger partial charge on any atom is -1.00 e. The van der Waals surface area contributed by atoms with Crippen LogP contribution in [0.25, 0.3) is 0 Å². The molecule has 0 aromatic rings. The minimum absolute atomic E-state index is 0. The third-order valence-corrected chi connectivity index (χ3v) is 6.38. The Morgan fingerprint density at radius 3 is 1.03 bits per heavy atom. The second-order valence-electron chi connectivity index (χ2n) is 8.84. The second-order valence-corrected chi connectivity index (χ2v) is 11.0. The SMILES string of the molecule is CCCCCCCCCCCCOS(=O)(=O)O.CCCCCCCCCCCCOS(=O)(=O)[O-].[H-].[Na+].[Na+]. The first-order chi connectivity index (χ1) is 16.1. The summed E-state index contributed by atoms with van der Waals surface area (Å²) in [6.45, 7) is 4.55. The fourth-order valence-electron chi connectivity index (χ4n) is 3.50. The van der Waals surface area contributed by atoms with Crippen LogP contribution in [0.5, 0.6) is 0 Å². The van der Waals surface area contributed by atoms with E-state index >= 15 is 0 Å². The molecule has 0 atom stereocenters. The molecular formula is C24H52Na2O8S2. The Kier molecular flexibility index (Phi) is 41.0. The molecule has 0 bridgehead atoms. The van der Waals surface area contributed by atoms with E-state index in [2.05, 4.69) is 22.2 Å². The molecule has 0 aliphatic carbocycles. The maximum atomic E-state index is 10.2. The summed E-state index contributed by atoms with van der Waals surface area (Å²) in [6, 6.07) is 0. The van der Waals surface area contributed by atoms with Gasteiger partial charge in [0.05, 0.1) is 13.2 Å². The van der Waals surface area contributed by atoms with Gasteiger partial charge in [-0.25, -0.2) is 12.6 Å². The van der Waals surface area contributed by atoms with Gasteiger partial charge in [-0.2, -0.15) is 8.42 Å². The topological polar surface area (TPSA) is 130 Å². The summed E-state index contributed by atoms with van der Waals surface area (Å²) >= 11 is 0. The Labute approximate surface area is 268 Å². The van der Waals surface area contributed by atoms with E-state index in [-0.39, 0.29) is 73.8 Å². The molecule has 0 amide bonds. The molecule has 1 N–H and O–H groups in total. The van der Waals surface area contributed by atoms with Crippen LogP contribution in [-0.4, -0.2) is 39.2 Å². The molecular weight excluding hydrogens is 526 g/mol. The Bertz CT molecular complexity index is 570. The van der Waals surface area contributed by atoms with Gasteiger partial charge in [-0.05, 0) is 12.8 Å². The van der Waals surface area contributed by atoms with Crippen LogP contribution in [0.15, 0.2) is 0 Å². The fourth-order valence-corrected chi connectivity index (χ4v) is 4.15. The molecule has 0 unspecified atom stereocenters. The largest absolute Gasteiger partial charge is 1.00 e. The molecule has 0 aliphatic heterocycles. The molecule has 210 valence electrons. The fraction of sp³-hybridized carbons (Fsp3) is 1.00. The molecule has 0 saturated heterocycles. The van der Waals surface area contributed by atoms with Gasteiger partial charge >= 0.3 is 69.5 Å². The van der Waals surface area contributed by atoms with E-state index in [0.717, 1.165) is 25.7 Å². The first kappa shape index (κ1) is 44.7. The van der Waals surface area contributed by atoms with Crippen molar-refractivity contribution in [2.24, 2.45) is 0 Å². The van der Waals surface area contributed by atoms with Gasteiger partial charge in [-0.15, -0.1) is 0 Å². The normalized spacial score (nSPS) is 11.2. The van der Waals surface area contributed by atoms with Crippen molar-refractivity contribution in [1.82, 2.24) is 0 Å². The van der Waals surface area contributed by atoms with Crippen molar-refractivity contribution in [1.29, 1.82) is 0 Å². The molecule has 0 radical (unpaired) electrons. The van der Waals surface area contributed by atoms with Crippen LogP contribution in [0.3, 0.4) is 0 Å². The summed E-state index contributed by atoms with van der Waals surface area (Å²) in [5.74, 6) is 0. The van der Waals surface area contributed by atoms with E-state index in [4.69, 9.17) is 4.55 Å². The zero-order valence-corrected chi connectivity index (χ0v) is 29.3. The molecule has 36 heavy (non-hydrogen) atoms. The van der Waals surface area contributed by atoms with Crippen LogP contribution in [0.4, 0.5) is 0 Å². The maximum absolute atomic E-state index is 10.2. The first-order valence-corrected chi connectivity index (χ1v) is 16.0. The number of hydrogen-bond donors (Lipinski definition) is 1. The van der Waals surface area contributed by atoms with Crippen LogP contribution in [-0.2, 0) is 29.2 Å². The smallest absolute Gasteiger partial charge is 1.00 e. The zero-order valence-electron chi connectivity index (χ0n) is 24.7. The third-order valence-electron chi connectivity index (χ3n) is 5.46. The van der Waals surface area contributed by atoms with Crippen LogP contribution < -0.4 is 59.1 Å². The second kappa shape index (κ2) is 32.9. The Morgan fingerprint density at radius 1 is 0.528 bits per heavy atom. The van der Waals surface area contributed by atoms with Crippen molar-refractivity contribution in [3.63, 3.8) is 0 Å². The number of hydrogen-bond acceptors (Lipinski definition) is 7. The van der Waals surface area contributed by atoms with Crippen LogP contribution in [0, 0.1) is 0 Å². The number of unbranched alkanes of at least 4 members (excludes halogenated alkanes) is 18. The quantitative estimate of drug-likeness (QED) is 0.0784. The van der Waals surface area contributed by atoms with E-state index in [1.807, 2.05) is 0 Å². The van der Waals surface area contributed by atoms with Gasteiger partial charge in [0.25, 0.3) is 0 Å². The van der Waals surface area contributed by atoms with Crippen LogP contribution >= 0.6 is 0 Å². The average molecular weight is 579 g/mol. The van der Waals surface area contributed by atoms with Gasteiger partial charge in [0, 0.05) is 0 Å². The van der Waals surface area contributed by atoms with Gasteiger partial charge in [-0.3, -0.25) is 8.74 Å². The molecule has 12 heteroatoms. The van der Waals surface area contributed by atoms with Crippen molar-refractivity contribution in [2.45, 2.75) is 142 Å². The Balaban J connectivity index is -0.000000171. The molecule has 0 fully saturated rings. The molecule has 0 heterocycles. The van der Waals surface area contributed by atoms with Gasteiger partial charge in [0.1, 0.15) is 0 Å². The summed E-state index contributed by atoms with van der Waals surface area (Å²) in [6.07, 6.45) is 23.6. The summed E-state index contributed by atoms with van der Waals surface area (Å²) in [5.41, 5.74) is 0. The molecule has 0 rings (SSSR count). The molecule has 0 aromatic heterocycles. The van der Waals surface area contributed by atoms with Gasteiger partial charge in [0.2, 0.25) is 10.4 Å². The van der Waals surface area contributed by atoms with Crippen LogP contribution in [0.2, 0.25) is 0 Å². The molecule has 0 saturated carbocycles. The van der Waals surface area contributed by atoms with Gasteiger partial charge in [0.15, 0.2) is 0 Å². The predicted molar refractivity (Wildman–Crippen MR) is 138 cm³/mol. The molecule has 0 aromatic carbocycles. The van der Waals surface area contributed by atoms with Crippen molar-refractivity contribution >= 4 is 20.8 Å². The van der Waals surface area contributed by atoms with E-state index in [1.165, 1.54) is 89.9 Å². The van der Waals surface area contributed by atoms with Crippen molar-refractivity contribution in [3.05, 3.63) is 0 Å². The molecule has 0 spiro atoms. The average Bonchev–Trinajstić information content (AvgIpc) is 2.75. The van der Waals surface area contributed by atoms with Crippen molar-refractivity contribution < 1.29 is 94.8 Å². The Morgan fingerprint density at radius 2 is 0.778 bits per heavy atom. The summed E-state index contributed by atoms with van der Waals surface area (Å²) in [7, 11) is -8.72. The Hall–Kier alpha value is 1.74. The first-order valence-electron chi connectivity index (χ1n) is 13.3. The van der Waals surface area contributed by atoms with E-state index < -0.39 is 20.8 Å². The maximum Gasteiger partial charge on any atom is 1.00 e. The zero-order chi connectivity index (χ0) is 26.0. The summed E-state index contributed by atoms with van der Waals surface area (Å²) < 4.78 is 67.4. The van der Waals surface area contributed by atoms with Crippen molar-refractivity contribution in [3.8, 4) is 0 Å².